The number of rotatable bonds is 12. The molecule has 1 aliphatic heterocycles. The zero-order chi connectivity index (χ0) is 33.0. The maximum Gasteiger partial charge on any atom is 0.319 e. The summed E-state index contributed by atoms with van der Waals surface area (Å²) in [6.45, 7) is 10.5. The average Bonchev–Trinajstić information content (AvgIpc) is 3.34. The third kappa shape index (κ3) is 7.30. The van der Waals surface area contributed by atoms with Crippen molar-refractivity contribution in [1.82, 2.24) is 14.9 Å². The van der Waals surface area contributed by atoms with E-state index in [1.54, 1.807) is 29.0 Å². The Hall–Kier alpha value is -4.51. The molecule has 10 nitrogen and oxygen atoms in total. The van der Waals surface area contributed by atoms with E-state index >= 15 is 8.78 Å². The van der Waals surface area contributed by atoms with Crippen molar-refractivity contribution in [3.63, 3.8) is 0 Å². The standard InChI is InChI=1S/C33H37F2N5O5Si/c1-20(21-17-44-18-21)38-33(41)39-22-13-26(34)31(27(35)14-22)45-29-9-10-37-32-30(29)25(16-40(32)19-43-11-12-46(3,4)5)23-7-6-8-28(42-2)24(23)15-36/h6-10,13-14,16,20-21H,11-12,17-19H2,1-5H3,(H2,38,39,41)/t20-/m1/s1. The van der Waals surface area contributed by atoms with Gasteiger partial charge in [0.2, 0.25) is 0 Å². The van der Waals surface area contributed by atoms with Crippen molar-refractivity contribution in [2.45, 2.75) is 45.4 Å². The van der Waals surface area contributed by atoms with Crippen LogP contribution < -0.4 is 20.1 Å². The van der Waals surface area contributed by atoms with E-state index < -0.39 is 31.5 Å². The first-order chi connectivity index (χ1) is 22.0. The number of pyridine rings is 1. The van der Waals surface area contributed by atoms with Gasteiger partial charge in [-0.2, -0.15) is 5.26 Å². The molecule has 0 unspecified atom stereocenters. The number of amides is 2. The van der Waals surface area contributed by atoms with Crippen molar-refractivity contribution in [3.8, 4) is 34.4 Å². The number of aromatic nitrogens is 2. The largest absolute Gasteiger partial charge is 0.495 e. The summed E-state index contributed by atoms with van der Waals surface area (Å²) in [4.78, 5) is 17.0. The Morgan fingerprint density at radius 2 is 1.91 bits per heavy atom. The Kier molecular flexibility index (Phi) is 9.90. The van der Waals surface area contributed by atoms with Gasteiger partial charge in [-0.15, -0.1) is 0 Å². The summed E-state index contributed by atoms with van der Waals surface area (Å²) < 4.78 is 55.1. The van der Waals surface area contributed by atoms with Crippen molar-refractivity contribution in [2.24, 2.45) is 5.92 Å². The molecule has 0 radical (unpaired) electrons. The molecule has 2 N–H and O–H groups in total. The molecule has 1 atom stereocenters. The molecular formula is C33H37F2N5O5Si. The second-order valence-electron chi connectivity index (χ2n) is 12.4. The maximum absolute atomic E-state index is 15.4. The molecule has 2 amide bonds. The lowest BCUT2D eigenvalue weighted by Crippen LogP contribution is -2.47. The molecule has 0 bridgehead atoms. The fourth-order valence-corrected chi connectivity index (χ4v) is 5.79. The monoisotopic (exact) mass is 649 g/mol. The highest BCUT2D eigenvalue weighted by Gasteiger charge is 2.27. The van der Waals surface area contributed by atoms with Gasteiger partial charge in [-0.3, -0.25) is 0 Å². The number of ether oxygens (including phenoxy) is 4. The number of fused-ring (bicyclic) bond motifs is 1. The smallest absolute Gasteiger partial charge is 0.319 e. The van der Waals surface area contributed by atoms with E-state index in [4.69, 9.17) is 18.9 Å². The third-order valence-corrected chi connectivity index (χ3v) is 9.50. The van der Waals surface area contributed by atoms with Crippen molar-refractivity contribution in [1.29, 1.82) is 5.26 Å². The summed E-state index contributed by atoms with van der Waals surface area (Å²) in [7, 11) is 0.146. The van der Waals surface area contributed by atoms with Crippen LogP contribution in [0.15, 0.2) is 48.8 Å². The SMILES string of the molecule is COc1cccc(-c2cn(COCC[Si](C)(C)C)c3nccc(Oc4c(F)cc(NC(=O)N[C@H](C)C5COC5)cc4F)c23)c1C#N. The first kappa shape index (κ1) is 32.9. The van der Waals surface area contributed by atoms with Gasteiger partial charge in [-0.25, -0.2) is 18.6 Å². The summed E-state index contributed by atoms with van der Waals surface area (Å²) in [5, 5.41) is 15.7. The van der Waals surface area contributed by atoms with Crippen LogP contribution in [0.25, 0.3) is 22.2 Å². The fraction of sp³-hybridized carbons (Fsp3) is 0.364. The maximum atomic E-state index is 15.4. The van der Waals surface area contributed by atoms with E-state index in [1.165, 1.54) is 19.4 Å². The van der Waals surface area contributed by atoms with Gasteiger partial charge in [-0.05, 0) is 25.1 Å². The number of methoxy groups -OCH3 is 1. The van der Waals surface area contributed by atoms with E-state index in [2.05, 4.69) is 41.3 Å². The molecule has 242 valence electrons. The van der Waals surface area contributed by atoms with Crippen LogP contribution >= 0.6 is 0 Å². The lowest BCUT2D eigenvalue weighted by atomic mass is 9.99. The van der Waals surface area contributed by atoms with E-state index in [-0.39, 0.29) is 35.7 Å². The molecule has 2 aromatic carbocycles. The predicted octanol–water partition coefficient (Wildman–Crippen LogP) is 7.12. The van der Waals surface area contributed by atoms with Crippen LogP contribution in [-0.2, 0) is 16.2 Å². The molecule has 13 heteroatoms. The highest BCUT2D eigenvalue weighted by atomic mass is 28.3. The van der Waals surface area contributed by atoms with E-state index in [1.807, 2.05) is 6.92 Å². The van der Waals surface area contributed by atoms with E-state index in [0.29, 0.717) is 47.7 Å². The zero-order valence-corrected chi connectivity index (χ0v) is 27.4. The summed E-state index contributed by atoms with van der Waals surface area (Å²) in [6, 6.07) is 11.1. The van der Waals surface area contributed by atoms with Gasteiger partial charge in [0.25, 0.3) is 0 Å². The van der Waals surface area contributed by atoms with Crippen molar-refractivity contribution in [2.75, 3.05) is 32.2 Å². The highest BCUT2D eigenvalue weighted by Crippen LogP contribution is 2.42. The van der Waals surface area contributed by atoms with Gasteiger partial charge in [-0.1, -0.05) is 31.8 Å². The lowest BCUT2D eigenvalue weighted by Gasteiger charge is -2.31. The van der Waals surface area contributed by atoms with Crippen molar-refractivity contribution < 1.29 is 32.5 Å². The summed E-state index contributed by atoms with van der Waals surface area (Å²) in [5.74, 6) is -2.02. The number of hydrogen-bond donors (Lipinski definition) is 2. The quantitative estimate of drug-likeness (QED) is 0.124. The minimum atomic E-state index is -1.33. The molecule has 3 heterocycles. The number of benzene rings is 2. The number of urea groups is 1. The van der Waals surface area contributed by atoms with Gasteiger partial charge < -0.3 is 34.1 Å². The Bertz CT molecular complexity index is 1760. The second-order valence-corrected chi connectivity index (χ2v) is 18.0. The summed E-state index contributed by atoms with van der Waals surface area (Å²) in [5.41, 5.74) is 1.72. The predicted molar refractivity (Wildman–Crippen MR) is 173 cm³/mol. The first-order valence-corrected chi connectivity index (χ1v) is 18.6. The molecule has 1 fully saturated rings. The Balaban J connectivity index is 1.49. The van der Waals surface area contributed by atoms with Crippen molar-refractivity contribution >= 4 is 30.8 Å². The number of nitrogens with one attached hydrogen (secondary N) is 2. The number of carbonyl (C=O) groups excluding carboxylic acids is 1. The van der Waals surface area contributed by atoms with Crippen LogP contribution in [-0.4, -0.2) is 56.6 Å². The van der Waals surface area contributed by atoms with Crippen LogP contribution in [0, 0.1) is 28.9 Å². The lowest BCUT2D eigenvalue weighted by molar-refractivity contribution is -0.0444. The highest BCUT2D eigenvalue weighted by molar-refractivity contribution is 6.76. The van der Waals surface area contributed by atoms with Crippen LogP contribution in [0.3, 0.4) is 0 Å². The normalized spacial score (nSPS) is 14.0. The second kappa shape index (κ2) is 13.9. The summed E-state index contributed by atoms with van der Waals surface area (Å²) in [6.07, 6.45) is 3.25. The molecule has 2 aromatic heterocycles. The summed E-state index contributed by atoms with van der Waals surface area (Å²) >= 11 is 0. The van der Waals surface area contributed by atoms with Gasteiger partial charge in [0.05, 0.1) is 25.7 Å². The Morgan fingerprint density at radius 1 is 1.17 bits per heavy atom. The zero-order valence-electron chi connectivity index (χ0n) is 26.4. The van der Waals surface area contributed by atoms with Gasteiger partial charge >= 0.3 is 6.03 Å². The van der Waals surface area contributed by atoms with Crippen LogP contribution in [0.2, 0.25) is 25.7 Å². The van der Waals surface area contributed by atoms with E-state index in [9.17, 15) is 10.1 Å². The fourth-order valence-electron chi connectivity index (χ4n) is 5.03. The molecular weight excluding hydrogens is 612 g/mol. The Labute approximate surface area is 267 Å². The Morgan fingerprint density at radius 3 is 2.54 bits per heavy atom. The topological polar surface area (TPSA) is 120 Å². The molecule has 0 aliphatic carbocycles. The number of nitriles is 1. The van der Waals surface area contributed by atoms with Gasteiger partial charge in [0, 0.05) is 68.0 Å². The van der Waals surface area contributed by atoms with Gasteiger partial charge in [0.1, 0.15) is 35.5 Å². The van der Waals surface area contributed by atoms with Crippen LogP contribution in [0.1, 0.15) is 12.5 Å². The third-order valence-electron chi connectivity index (χ3n) is 7.79. The number of hydrogen-bond acceptors (Lipinski definition) is 7. The number of nitrogens with zero attached hydrogens (tertiary/aromatic N) is 3. The molecule has 4 aromatic rings. The van der Waals surface area contributed by atoms with Crippen LogP contribution in [0.4, 0.5) is 19.3 Å². The molecule has 1 saturated heterocycles. The van der Waals surface area contributed by atoms with Gasteiger partial charge in [0.15, 0.2) is 17.4 Å². The average molecular weight is 650 g/mol. The number of halogens is 2. The molecule has 46 heavy (non-hydrogen) atoms. The number of carbonyl (C=O) groups is 1. The molecule has 1 aliphatic rings. The molecule has 0 spiro atoms. The first-order valence-electron chi connectivity index (χ1n) is 14.9. The molecule has 5 rings (SSSR count). The van der Waals surface area contributed by atoms with E-state index in [0.717, 1.165) is 18.2 Å². The minimum Gasteiger partial charge on any atom is -0.495 e. The molecule has 0 saturated carbocycles. The minimum absolute atomic E-state index is 0.0749. The number of anilines is 1. The van der Waals surface area contributed by atoms with Crippen LogP contribution in [0.5, 0.6) is 17.2 Å². The van der Waals surface area contributed by atoms with Crippen molar-refractivity contribution in [3.05, 3.63) is 66.0 Å².